The number of aryl methyl sites for hydroxylation is 1. The summed E-state index contributed by atoms with van der Waals surface area (Å²) in [6, 6.07) is 11.1. The Hall–Kier alpha value is -1.39. The zero-order chi connectivity index (χ0) is 17.4. The third kappa shape index (κ3) is 5.32. The van der Waals surface area contributed by atoms with Crippen LogP contribution in [0.3, 0.4) is 0 Å². The maximum atomic E-state index is 11.9. The fraction of sp³-hybridized carbons (Fsp3) is 0.500. The third-order valence-corrected chi connectivity index (χ3v) is 5.52. The highest BCUT2D eigenvalue weighted by Gasteiger charge is 2.18. The van der Waals surface area contributed by atoms with E-state index in [9.17, 15) is 13.0 Å². The van der Waals surface area contributed by atoms with E-state index < -0.39 is 10.1 Å². The monoisotopic (exact) mass is 348 g/mol. The Balaban J connectivity index is 1.99. The molecular weight excluding hydrogens is 320 g/mol. The average molecular weight is 349 g/mol. The molecule has 0 aromatic heterocycles. The van der Waals surface area contributed by atoms with Crippen molar-refractivity contribution in [1.82, 2.24) is 0 Å². The summed E-state index contributed by atoms with van der Waals surface area (Å²) in [5, 5.41) is 1.45. The number of rotatable bonds is 10. The minimum Gasteiger partial charge on any atom is -0.282 e. The quantitative estimate of drug-likeness (QED) is 0.438. The van der Waals surface area contributed by atoms with Gasteiger partial charge >= 0.3 is 0 Å². The second-order valence-electron chi connectivity index (χ2n) is 6.47. The van der Waals surface area contributed by atoms with Gasteiger partial charge in [-0.3, -0.25) is 4.55 Å². The van der Waals surface area contributed by atoms with Gasteiger partial charge in [0, 0.05) is 5.39 Å². The van der Waals surface area contributed by atoms with Gasteiger partial charge in [-0.15, -0.1) is 0 Å². The highest BCUT2D eigenvalue weighted by Crippen LogP contribution is 2.28. The topological polar surface area (TPSA) is 54.4 Å². The van der Waals surface area contributed by atoms with E-state index in [1.165, 1.54) is 38.5 Å². The van der Waals surface area contributed by atoms with E-state index in [0.717, 1.165) is 23.8 Å². The maximum absolute atomic E-state index is 11.9. The highest BCUT2D eigenvalue weighted by atomic mass is 32.2. The molecule has 0 saturated heterocycles. The van der Waals surface area contributed by atoms with Gasteiger partial charge in [0.15, 0.2) is 0 Å². The second-order valence-corrected chi connectivity index (χ2v) is 7.83. The zero-order valence-electron chi connectivity index (χ0n) is 14.5. The molecule has 0 amide bonds. The van der Waals surface area contributed by atoms with E-state index in [-0.39, 0.29) is 4.90 Å². The molecule has 1 N–H and O–H groups in total. The fourth-order valence-electron chi connectivity index (χ4n) is 3.24. The van der Waals surface area contributed by atoms with Crippen LogP contribution in [-0.4, -0.2) is 13.0 Å². The van der Waals surface area contributed by atoms with Crippen molar-refractivity contribution in [3.8, 4) is 0 Å². The Labute approximate surface area is 145 Å². The average Bonchev–Trinajstić information content (AvgIpc) is 2.55. The summed E-state index contributed by atoms with van der Waals surface area (Å²) in [5.41, 5.74) is 0.724. The smallest absolute Gasteiger partial charge is 0.282 e. The molecule has 4 heteroatoms. The van der Waals surface area contributed by atoms with Crippen LogP contribution in [0.15, 0.2) is 41.3 Å². The Morgan fingerprint density at radius 1 is 0.833 bits per heavy atom. The van der Waals surface area contributed by atoms with Crippen molar-refractivity contribution in [3.05, 3.63) is 42.0 Å². The van der Waals surface area contributed by atoms with Crippen molar-refractivity contribution in [3.63, 3.8) is 0 Å². The summed E-state index contributed by atoms with van der Waals surface area (Å²) < 4.78 is 33.4. The maximum Gasteiger partial charge on any atom is 0.295 e. The van der Waals surface area contributed by atoms with Crippen molar-refractivity contribution < 1.29 is 13.0 Å². The standard InChI is InChI=1S/C20H28O3S/c1-2-3-4-5-6-7-8-9-13-18-16-15-17-12-10-11-14-19(17)20(18)24(21,22)23/h10-12,14-16H,2-9,13H2,1H3,(H,21,22,23). The molecule has 3 nitrogen and oxygen atoms in total. The van der Waals surface area contributed by atoms with Crippen LogP contribution in [0.25, 0.3) is 10.8 Å². The fourth-order valence-corrected chi connectivity index (χ4v) is 4.20. The van der Waals surface area contributed by atoms with Crippen LogP contribution in [0, 0.1) is 0 Å². The van der Waals surface area contributed by atoms with Gasteiger partial charge in [0.25, 0.3) is 10.1 Å². The first kappa shape index (κ1) is 18.9. The van der Waals surface area contributed by atoms with Crippen molar-refractivity contribution >= 4 is 20.9 Å². The molecule has 0 aliphatic rings. The molecule has 2 aromatic carbocycles. The summed E-state index contributed by atoms with van der Waals surface area (Å²) in [6.45, 7) is 2.22. The molecule has 0 bridgehead atoms. The van der Waals surface area contributed by atoms with Crippen molar-refractivity contribution in [2.24, 2.45) is 0 Å². The van der Waals surface area contributed by atoms with Crippen LogP contribution >= 0.6 is 0 Å². The lowest BCUT2D eigenvalue weighted by Gasteiger charge is -2.11. The molecule has 0 atom stereocenters. The molecule has 2 rings (SSSR count). The number of unbranched alkanes of at least 4 members (excludes halogenated alkanes) is 7. The first-order chi connectivity index (χ1) is 11.5. The van der Waals surface area contributed by atoms with Crippen molar-refractivity contribution in [1.29, 1.82) is 0 Å². The molecule has 132 valence electrons. The van der Waals surface area contributed by atoms with Gasteiger partial charge in [-0.1, -0.05) is 88.3 Å². The SMILES string of the molecule is CCCCCCCCCCc1ccc2ccccc2c1S(=O)(=O)O. The Bertz CT molecular complexity index is 751. The van der Waals surface area contributed by atoms with Crippen LogP contribution in [-0.2, 0) is 16.5 Å². The zero-order valence-corrected chi connectivity index (χ0v) is 15.3. The van der Waals surface area contributed by atoms with Crippen LogP contribution < -0.4 is 0 Å². The van der Waals surface area contributed by atoms with Gasteiger partial charge in [-0.05, 0) is 23.8 Å². The lowest BCUT2D eigenvalue weighted by atomic mass is 10.0. The second kappa shape index (κ2) is 9.19. The van der Waals surface area contributed by atoms with Gasteiger partial charge in [0.2, 0.25) is 0 Å². The molecule has 0 saturated carbocycles. The van der Waals surface area contributed by atoms with E-state index in [4.69, 9.17) is 0 Å². The largest absolute Gasteiger partial charge is 0.295 e. The van der Waals surface area contributed by atoms with Crippen LogP contribution in [0.5, 0.6) is 0 Å². The molecule has 24 heavy (non-hydrogen) atoms. The molecular formula is C20H28O3S. The summed E-state index contributed by atoms with van der Waals surface area (Å²) >= 11 is 0. The minimum absolute atomic E-state index is 0.0866. The number of hydrogen-bond acceptors (Lipinski definition) is 2. The molecule has 0 fully saturated rings. The number of hydrogen-bond donors (Lipinski definition) is 1. The summed E-state index contributed by atoms with van der Waals surface area (Å²) in [7, 11) is -4.22. The van der Waals surface area contributed by atoms with E-state index in [1.807, 2.05) is 24.3 Å². The Morgan fingerprint density at radius 2 is 1.46 bits per heavy atom. The first-order valence-corrected chi connectivity index (χ1v) is 10.5. The number of benzene rings is 2. The Kier molecular flexibility index (Phi) is 7.25. The third-order valence-electron chi connectivity index (χ3n) is 4.52. The first-order valence-electron chi connectivity index (χ1n) is 9.02. The molecule has 0 aliphatic carbocycles. The highest BCUT2D eigenvalue weighted by molar-refractivity contribution is 7.86. The Morgan fingerprint density at radius 3 is 2.12 bits per heavy atom. The van der Waals surface area contributed by atoms with Crippen LogP contribution in [0.1, 0.15) is 63.9 Å². The van der Waals surface area contributed by atoms with Gasteiger partial charge in [0.05, 0.1) is 0 Å². The molecule has 0 heterocycles. The molecule has 0 radical (unpaired) electrons. The van der Waals surface area contributed by atoms with Gasteiger partial charge in [-0.2, -0.15) is 8.42 Å². The van der Waals surface area contributed by atoms with Crippen LogP contribution in [0.2, 0.25) is 0 Å². The predicted molar refractivity (Wildman–Crippen MR) is 100 cm³/mol. The molecule has 0 unspecified atom stereocenters. The molecule has 0 spiro atoms. The summed E-state index contributed by atoms with van der Waals surface area (Å²) in [4.78, 5) is 0.0866. The van der Waals surface area contributed by atoms with E-state index in [1.54, 1.807) is 12.1 Å². The lowest BCUT2D eigenvalue weighted by Crippen LogP contribution is -2.04. The van der Waals surface area contributed by atoms with E-state index in [0.29, 0.717) is 11.8 Å². The van der Waals surface area contributed by atoms with Crippen molar-refractivity contribution in [2.45, 2.75) is 69.6 Å². The van der Waals surface area contributed by atoms with Gasteiger partial charge < -0.3 is 0 Å². The molecule has 0 aliphatic heterocycles. The van der Waals surface area contributed by atoms with Gasteiger partial charge in [-0.25, -0.2) is 0 Å². The van der Waals surface area contributed by atoms with Crippen molar-refractivity contribution in [2.75, 3.05) is 0 Å². The lowest BCUT2D eigenvalue weighted by molar-refractivity contribution is 0.482. The summed E-state index contributed by atoms with van der Waals surface area (Å²) in [5.74, 6) is 0. The number of fused-ring (bicyclic) bond motifs is 1. The minimum atomic E-state index is -4.22. The molecule has 2 aromatic rings. The van der Waals surface area contributed by atoms with E-state index >= 15 is 0 Å². The van der Waals surface area contributed by atoms with E-state index in [2.05, 4.69) is 6.92 Å². The summed E-state index contributed by atoms with van der Waals surface area (Å²) in [6.07, 6.45) is 10.4. The van der Waals surface area contributed by atoms with Crippen LogP contribution in [0.4, 0.5) is 0 Å². The van der Waals surface area contributed by atoms with Gasteiger partial charge in [0.1, 0.15) is 4.90 Å². The predicted octanol–water partition coefficient (Wildman–Crippen LogP) is 5.77. The normalized spacial score (nSPS) is 11.9.